The van der Waals surface area contributed by atoms with Gasteiger partial charge >= 0.3 is 0 Å². The quantitative estimate of drug-likeness (QED) is 0.913. The molecule has 1 aliphatic rings. The number of furan rings is 1. The fourth-order valence-electron chi connectivity index (χ4n) is 2.75. The third kappa shape index (κ3) is 2.31. The Bertz CT molecular complexity index is 587. The number of fused-ring (bicyclic) bond motifs is 1. The summed E-state index contributed by atoms with van der Waals surface area (Å²) in [5.74, 6) is 0.669. The summed E-state index contributed by atoms with van der Waals surface area (Å²) in [7, 11) is 0. The van der Waals surface area contributed by atoms with Crippen molar-refractivity contribution in [3.63, 3.8) is 0 Å². The van der Waals surface area contributed by atoms with E-state index in [1.54, 1.807) is 0 Å². The highest BCUT2D eigenvalue weighted by Gasteiger charge is 2.29. The Labute approximate surface area is 118 Å². The van der Waals surface area contributed by atoms with Crippen LogP contribution in [0.2, 0.25) is 0 Å². The van der Waals surface area contributed by atoms with E-state index in [4.69, 9.17) is 4.42 Å². The van der Waals surface area contributed by atoms with Crippen LogP contribution in [0.15, 0.2) is 34.7 Å². The molecule has 1 aromatic heterocycles. The van der Waals surface area contributed by atoms with Gasteiger partial charge in [0.2, 0.25) is 5.91 Å². The number of rotatable bonds is 2. The van der Waals surface area contributed by atoms with E-state index in [2.05, 4.69) is 12.2 Å². The average molecular weight is 272 g/mol. The minimum absolute atomic E-state index is 0.151. The number of nitrogens with one attached hydrogen (secondary N) is 1. The molecular formula is C16H20N2O2. The van der Waals surface area contributed by atoms with Gasteiger partial charge in [0.15, 0.2) is 0 Å². The molecule has 106 valence electrons. The van der Waals surface area contributed by atoms with Crippen LogP contribution in [0, 0.1) is 0 Å². The summed E-state index contributed by atoms with van der Waals surface area (Å²) in [6, 6.07) is 10.1. The van der Waals surface area contributed by atoms with Crippen molar-refractivity contribution in [3.05, 3.63) is 36.1 Å². The fourth-order valence-corrected chi connectivity index (χ4v) is 2.75. The molecule has 1 N–H and O–H groups in total. The molecule has 4 heteroatoms. The zero-order chi connectivity index (χ0) is 14.1. The molecule has 1 aromatic carbocycles. The molecule has 1 amide bonds. The molecule has 0 aliphatic carbocycles. The Morgan fingerprint density at radius 1 is 1.45 bits per heavy atom. The number of para-hydroxylation sites is 1. The van der Waals surface area contributed by atoms with Crippen molar-refractivity contribution in [1.29, 1.82) is 0 Å². The van der Waals surface area contributed by atoms with Crippen LogP contribution in [0.4, 0.5) is 0 Å². The van der Waals surface area contributed by atoms with Crippen LogP contribution in [0.25, 0.3) is 11.0 Å². The zero-order valence-electron chi connectivity index (χ0n) is 11.9. The van der Waals surface area contributed by atoms with Gasteiger partial charge in [0.25, 0.3) is 0 Å². The van der Waals surface area contributed by atoms with Crippen molar-refractivity contribution in [2.45, 2.75) is 25.8 Å². The molecular weight excluding hydrogens is 252 g/mol. The lowest BCUT2D eigenvalue weighted by atomic mass is 10.0. The number of carbonyl (C=O) groups excluding carboxylic acids is 1. The van der Waals surface area contributed by atoms with Crippen LogP contribution in [0.1, 0.15) is 25.5 Å². The average Bonchev–Trinajstić information content (AvgIpc) is 2.90. The zero-order valence-corrected chi connectivity index (χ0v) is 11.9. The van der Waals surface area contributed by atoms with E-state index in [0.717, 1.165) is 36.4 Å². The molecule has 0 radical (unpaired) electrons. The molecule has 20 heavy (non-hydrogen) atoms. The predicted molar refractivity (Wildman–Crippen MR) is 78.7 cm³/mol. The number of benzene rings is 1. The summed E-state index contributed by atoms with van der Waals surface area (Å²) in [5, 5.41) is 4.35. The van der Waals surface area contributed by atoms with E-state index in [1.165, 1.54) is 0 Å². The second-order valence-corrected chi connectivity index (χ2v) is 5.49. The highest BCUT2D eigenvalue weighted by Crippen LogP contribution is 2.26. The van der Waals surface area contributed by atoms with Crippen molar-refractivity contribution in [2.24, 2.45) is 0 Å². The molecule has 0 bridgehead atoms. The van der Waals surface area contributed by atoms with Crippen LogP contribution in [-0.2, 0) is 4.79 Å². The number of piperazine rings is 1. The third-order valence-electron chi connectivity index (χ3n) is 4.03. The minimum atomic E-state index is -0.233. The van der Waals surface area contributed by atoms with E-state index in [1.807, 2.05) is 42.2 Å². The number of hydrogen-bond acceptors (Lipinski definition) is 3. The van der Waals surface area contributed by atoms with Crippen molar-refractivity contribution < 1.29 is 9.21 Å². The van der Waals surface area contributed by atoms with Gasteiger partial charge in [-0.3, -0.25) is 4.79 Å². The minimum Gasteiger partial charge on any atom is -0.460 e. The van der Waals surface area contributed by atoms with Gasteiger partial charge in [0.1, 0.15) is 11.3 Å². The maximum absolute atomic E-state index is 12.6. The van der Waals surface area contributed by atoms with E-state index >= 15 is 0 Å². The van der Waals surface area contributed by atoms with Crippen molar-refractivity contribution in [1.82, 2.24) is 10.2 Å². The molecule has 0 saturated carbocycles. The second-order valence-electron chi connectivity index (χ2n) is 5.49. The molecule has 2 atom stereocenters. The lowest BCUT2D eigenvalue weighted by Gasteiger charge is -2.35. The Morgan fingerprint density at radius 2 is 2.25 bits per heavy atom. The maximum atomic E-state index is 12.6. The normalized spacial score (nSPS) is 21.1. The SMILES string of the molecule is CC(C(=O)N1CCNCC1C)c1cc2ccccc2o1. The van der Waals surface area contributed by atoms with Crippen LogP contribution in [0.3, 0.4) is 0 Å². The van der Waals surface area contributed by atoms with Crippen LogP contribution in [-0.4, -0.2) is 36.5 Å². The number of amides is 1. The van der Waals surface area contributed by atoms with Crippen molar-refractivity contribution >= 4 is 16.9 Å². The lowest BCUT2D eigenvalue weighted by molar-refractivity contribution is -0.135. The summed E-state index contributed by atoms with van der Waals surface area (Å²) < 4.78 is 5.81. The fraction of sp³-hybridized carbons (Fsp3) is 0.438. The van der Waals surface area contributed by atoms with Gasteiger partial charge in [-0.25, -0.2) is 0 Å². The molecule has 1 saturated heterocycles. The van der Waals surface area contributed by atoms with Gasteiger partial charge in [-0.15, -0.1) is 0 Å². The predicted octanol–water partition coefficient (Wildman–Crippen LogP) is 2.36. The summed E-state index contributed by atoms with van der Waals surface area (Å²) >= 11 is 0. The number of nitrogens with zero attached hydrogens (tertiary/aromatic N) is 1. The second kappa shape index (κ2) is 5.29. The molecule has 1 aliphatic heterocycles. The first kappa shape index (κ1) is 13.2. The Hall–Kier alpha value is -1.81. The smallest absolute Gasteiger partial charge is 0.233 e. The van der Waals surface area contributed by atoms with Gasteiger partial charge in [0.05, 0.1) is 5.92 Å². The van der Waals surface area contributed by atoms with Gasteiger partial charge in [-0.2, -0.15) is 0 Å². The molecule has 0 spiro atoms. The highest BCUT2D eigenvalue weighted by atomic mass is 16.3. The number of carbonyl (C=O) groups is 1. The van der Waals surface area contributed by atoms with E-state index in [0.29, 0.717) is 0 Å². The lowest BCUT2D eigenvalue weighted by Crippen LogP contribution is -2.53. The third-order valence-corrected chi connectivity index (χ3v) is 4.03. The molecule has 1 fully saturated rings. The molecule has 4 nitrogen and oxygen atoms in total. The number of hydrogen-bond donors (Lipinski definition) is 1. The summed E-state index contributed by atoms with van der Waals surface area (Å²) in [6.45, 7) is 6.50. The molecule has 2 aromatic rings. The molecule has 3 rings (SSSR count). The van der Waals surface area contributed by atoms with E-state index in [9.17, 15) is 4.79 Å². The Balaban J connectivity index is 1.83. The van der Waals surface area contributed by atoms with Crippen LogP contribution >= 0.6 is 0 Å². The maximum Gasteiger partial charge on any atom is 0.233 e. The van der Waals surface area contributed by atoms with Crippen LogP contribution < -0.4 is 5.32 Å². The monoisotopic (exact) mass is 272 g/mol. The van der Waals surface area contributed by atoms with Gasteiger partial charge in [0, 0.05) is 31.1 Å². The van der Waals surface area contributed by atoms with Crippen molar-refractivity contribution in [3.8, 4) is 0 Å². The Morgan fingerprint density at radius 3 is 3.00 bits per heavy atom. The van der Waals surface area contributed by atoms with Gasteiger partial charge < -0.3 is 14.6 Å². The first-order valence-electron chi connectivity index (χ1n) is 7.16. The largest absolute Gasteiger partial charge is 0.460 e. The summed E-state index contributed by atoms with van der Waals surface area (Å²) in [4.78, 5) is 14.6. The van der Waals surface area contributed by atoms with Gasteiger partial charge in [-0.05, 0) is 26.0 Å². The van der Waals surface area contributed by atoms with Crippen molar-refractivity contribution in [2.75, 3.05) is 19.6 Å². The summed E-state index contributed by atoms with van der Waals surface area (Å²) in [6.07, 6.45) is 0. The first-order valence-corrected chi connectivity index (χ1v) is 7.16. The van der Waals surface area contributed by atoms with E-state index < -0.39 is 0 Å². The first-order chi connectivity index (χ1) is 9.66. The van der Waals surface area contributed by atoms with Gasteiger partial charge in [-0.1, -0.05) is 18.2 Å². The standard InChI is InChI=1S/C16H20N2O2/c1-11-10-17-7-8-18(11)16(19)12(2)15-9-13-5-3-4-6-14(13)20-15/h3-6,9,11-12,17H,7-8,10H2,1-2H3. The Kier molecular flexibility index (Phi) is 3.49. The molecule has 2 heterocycles. The molecule has 2 unspecified atom stereocenters. The topological polar surface area (TPSA) is 45.5 Å². The summed E-state index contributed by atoms with van der Waals surface area (Å²) in [5.41, 5.74) is 0.843. The van der Waals surface area contributed by atoms with E-state index in [-0.39, 0.29) is 17.9 Å². The highest BCUT2D eigenvalue weighted by molar-refractivity contribution is 5.85. The van der Waals surface area contributed by atoms with Crippen LogP contribution in [0.5, 0.6) is 0 Å².